The normalized spacial score (nSPS) is 11.3. The van der Waals surface area contributed by atoms with Gasteiger partial charge in [0.25, 0.3) is 0 Å². The Morgan fingerprint density at radius 3 is 2.55 bits per heavy atom. The maximum absolute atomic E-state index is 14.6. The van der Waals surface area contributed by atoms with Gasteiger partial charge in [-0.25, -0.2) is 9.37 Å². The van der Waals surface area contributed by atoms with Gasteiger partial charge in [-0.15, -0.1) is 10.2 Å². The molecule has 4 aromatic rings. The van der Waals surface area contributed by atoms with E-state index in [0.29, 0.717) is 21.6 Å². The molecule has 0 saturated carbocycles. The van der Waals surface area contributed by atoms with Crippen molar-refractivity contribution in [3.63, 3.8) is 0 Å². The first kappa shape index (κ1) is 19.5. The lowest BCUT2D eigenvalue weighted by molar-refractivity contribution is 0.0678. The molecule has 0 aliphatic carbocycles. The van der Waals surface area contributed by atoms with Gasteiger partial charge in [0, 0.05) is 18.0 Å². The largest absolute Gasteiger partial charge is 0.319 e. The van der Waals surface area contributed by atoms with E-state index in [9.17, 15) is 13.2 Å². The monoisotopic (exact) mass is 435 g/mol. The number of halogens is 4. The highest BCUT2D eigenvalue weighted by molar-refractivity contribution is 7.98. The van der Waals surface area contributed by atoms with E-state index in [1.165, 1.54) is 23.0 Å². The molecule has 2 heterocycles. The summed E-state index contributed by atoms with van der Waals surface area (Å²) in [4.78, 5) is 3.96. The smallest absolute Gasteiger partial charge is 0.277 e. The van der Waals surface area contributed by atoms with Gasteiger partial charge in [0.1, 0.15) is 11.6 Å². The second-order valence-corrected chi connectivity index (χ2v) is 7.24. The van der Waals surface area contributed by atoms with Crippen molar-refractivity contribution in [1.82, 2.24) is 24.3 Å². The highest BCUT2D eigenvalue weighted by Crippen LogP contribution is 2.33. The van der Waals surface area contributed by atoms with Crippen LogP contribution in [-0.2, 0) is 5.75 Å². The summed E-state index contributed by atoms with van der Waals surface area (Å²) in [6.45, 7) is -2.70. The minimum Gasteiger partial charge on any atom is -0.277 e. The maximum Gasteiger partial charge on any atom is 0.319 e. The van der Waals surface area contributed by atoms with E-state index >= 15 is 0 Å². The van der Waals surface area contributed by atoms with Crippen molar-refractivity contribution in [1.29, 1.82) is 0 Å². The average molecular weight is 436 g/mol. The number of nitrogens with zero attached hydrogens (tertiary/aromatic N) is 5. The van der Waals surface area contributed by atoms with E-state index in [0.717, 1.165) is 16.3 Å². The lowest BCUT2D eigenvalue weighted by Gasteiger charge is -2.12. The van der Waals surface area contributed by atoms with Crippen LogP contribution in [-0.4, -0.2) is 24.3 Å². The summed E-state index contributed by atoms with van der Waals surface area (Å²) >= 11 is 7.43. The zero-order valence-electron chi connectivity index (χ0n) is 14.7. The van der Waals surface area contributed by atoms with Crippen LogP contribution >= 0.6 is 23.4 Å². The van der Waals surface area contributed by atoms with E-state index in [-0.39, 0.29) is 17.3 Å². The summed E-state index contributed by atoms with van der Waals surface area (Å²) in [6, 6.07) is 13.2. The number of imidazole rings is 1. The second-order valence-electron chi connectivity index (χ2n) is 5.89. The van der Waals surface area contributed by atoms with Crippen LogP contribution in [0.1, 0.15) is 12.4 Å². The molecule has 0 unspecified atom stereocenters. The van der Waals surface area contributed by atoms with Crippen LogP contribution in [0.25, 0.3) is 17.1 Å². The topological polar surface area (TPSA) is 48.5 Å². The van der Waals surface area contributed by atoms with Crippen molar-refractivity contribution in [3.05, 3.63) is 77.6 Å². The molecule has 2 aromatic heterocycles. The van der Waals surface area contributed by atoms with E-state index in [2.05, 4.69) is 15.2 Å². The maximum atomic E-state index is 14.6. The van der Waals surface area contributed by atoms with Crippen LogP contribution < -0.4 is 0 Å². The Labute approximate surface area is 173 Å². The Bertz CT molecular complexity index is 1140. The molecular weight excluding hydrogens is 423 g/mol. The first-order valence-corrected chi connectivity index (χ1v) is 9.80. The predicted molar refractivity (Wildman–Crippen MR) is 105 cm³/mol. The molecule has 4 rings (SSSR count). The lowest BCUT2D eigenvalue weighted by atomic mass is 10.2. The van der Waals surface area contributed by atoms with Gasteiger partial charge in [0.05, 0.1) is 16.5 Å². The molecular formula is C19H13ClF3N5S. The lowest BCUT2D eigenvalue weighted by Crippen LogP contribution is -2.05. The molecule has 0 aliphatic rings. The fraction of sp³-hybridized carbons (Fsp3) is 0.105. The zero-order valence-corrected chi connectivity index (χ0v) is 16.3. The van der Waals surface area contributed by atoms with Gasteiger partial charge in [0.2, 0.25) is 0 Å². The summed E-state index contributed by atoms with van der Waals surface area (Å²) in [5.41, 5.74) is 0.804. The number of thioether (sulfide) groups is 1. The number of aromatic nitrogens is 5. The van der Waals surface area contributed by atoms with Gasteiger partial charge in [-0.3, -0.25) is 9.13 Å². The number of benzene rings is 2. The first-order valence-electron chi connectivity index (χ1n) is 8.44. The Hall–Kier alpha value is -2.78. The van der Waals surface area contributed by atoms with E-state index < -0.39 is 12.4 Å². The number of hydrogen-bond acceptors (Lipinski definition) is 4. The van der Waals surface area contributed by atoms with Crippen molar-refractivity contribution < 1.29 is 13.2 Å². The molecule has 5 nitrogen and oxygen atoms in total. The molecule has 0 N–H and O–H groups in total. The van der Waals surface area contributed by atoms with Crippen molar-refractivity contribution >= 4 is 23.4 Å². The molecule has 0 amide bonds. The number of hydrogen-bond donors (Lipinski definition) is 0. The van der Waals surface area contributed by atoms with Gasteiger partial charge in [-0.1, -0.05) is 47.6 Å². The number of rotatable bonds is 6. The number of para-hydroxylation sites is 1. The highest BCUT2D eigenvalue weighted by atomic mass is 35.5. The minimum absolute atomic E-state index is 0.104. The van der Waals surface area contributed by atoms with Crippen molar-refractivity contribution in [2.24, 2.45) is 0 Å². The standard InChI is InChI=1S/C19H13ClF3N5S/c20-13-6-2-1-5-12(13)17-25-26-19(28(17)15-8-4-3-7-14(15)21)29-11-16-24-9-10-27(16)18(22)23/h1-10,18H,11H2. The average Bonchev–Trinajstić information content (AvgIpc) is 3.34. The van der Waals surface area contributed by atoms with Crippen LogP contribution in [0.4, 0.5) is 13.2 Å². The van der Waals surface area contributed by atoms with Gasteiger partial charge in [-0.05, 0) is 24.3 Å². The predicted octanol–water partition coefficient (Wildman–Crippen LogP) is 5.61. The van der Waals surface area contributed by atoms with Gasteiger partial charge >= 0.3 is 6.55 Å². The molecule has 0 atom stereocenters. The molecule has 0 aliphatic heterocycles. The Morgan fingerprint density at radius 2 is 1.79 bits per heavy atom. The summed E-state index contributed by atoms with van der Waals surface area (Å²) in [5.74, 6) is 0.149. The summed E-state index contributed by atoms with van der Waals surface area (Å²) in [6.07, 6.45) is 2.51. The molecule has 10 heteroatoms. The molecule has 0 radical (unpaired) electrons. The molecule has 0 saturated heterocycles. The first-order chi connectivity index (χ1) is 14.1. The summed E-state index contributed by atoms with van der Waals surface area (Å²) in [7, 11) is 0. The molecule has 2 aromatic carbocycles. The fourth-order valence-corrected chi connectivity index (χ4v) is 3.91. The molecule has 0 spiro atoms. The van der Waals surface area contributed by atoms with Crippen molar-refractivity contribution in [2.45, 2.75) is 17.5 Å². The third kappa shape index (κ3) is 3.88. The summed E-state index contributed by atoms with van der Waals surface area (Å²) in [5, 5.41) is 9.10. The van der Waals surface area contributed by atoms with Gasteiger partial charge in [0.15, 0.2) is 11.0 Å². The molecule has 148 valence electrons. The fourth-order valence-electron chi connectivity index (χ4n) is 2.79. The van der Waals surface area contributed by atoms with E-state index in [4.69, 9.17) is 11.6 Å². The van der Waals surface area contributed by atoms with Crippen LogP contribution in [0.5, 0.6) is 0 Å². The van der Waals surface area contributed by atoms with E-state index in [1.807, 2.05) is 0 Å². The second kappa shape index (κ2) is 8.30. The zero-order chi connectivity index (χ0) is 20.4. The van der Waals surface area contributed by atoms with Crippen LogP contribution in [0.3, 0.4) is 0 Å². The van der Waals surface area contributed by atoms with E-state index in [1.54, 1.807) is 42.5 Å². The molecule has 0 bridgehead atoms. The van der Waals surface area contributed by atoms with Crippen LogP contribution in [0.15, 0.2) is 66.1 Å². The van der Waals surface area contributed by atoms with Gasteiger partial charge in [-0.2, -0.15) is 8.78 Å². The third-order valence-corrected chi connectivity index (χ3v) is 5.39. The summed E-state index contributed by atoms with van der Waals surface area (Å²) < 4.78 is 43.0. The van der Waals surface area contributed by atoms with Crippen LogP contribution in [0, 0.1) is 5.82 Å². The molecule has 29 heavy (non-hydrogen) atoms. The molecule has 0 fully saturated rings. The highest BCUT2D eigenvalue weighted by Gasteiger charge is 2.21. The minimum atomic E-state index is -2.70. The Balaban J connectivity index is 1.78. The van der Waals surface area contributed by atoms with Crippen molar-refractivity contribution in [2.75, 3.05) is 0 Å². The van der Waals surface area contributed by atoms with Crippen LogP contribution in [0.2, 0.25) is 5.02 Å². The van der Waals surface area contributed by atoms with Gasteiger partial charge < -0.3 is 0 Å². The number of alkyl halides is 2. The quantitative estimate of drug-likeness (QED) is 0.369. The van der Waals surface area contributed by atoms with Crippen molar-refractivity contribution in [3.8, 4) is 17.1 Å². The Morgan fingerprint density at radius 1 is 1.03 bits per heavy atom. The SMILES string of the molecule is Fc1ccccc1-n1c(SCc2nccn2C(F)F)nnc1-c1ccccc1Cl. The Kier molecular flexibility index (Phi) is 5.59. The third-order valence-electron chi connectivity index (χ3n) is 4.13.